The molecule has 0 aliphatic carbocycles. The quantitative estimate of drug-likeness (QED) is 0.920. The van der Waals surface area contributed by atoms with E-state index < -0.39 is 5.92 Å². The van der Waals surface area contributed by atoms with Crippen molar-refractivity contribution in [3.63, 3.8) is 0 Å². The molecule has 1 aromatic rings. The lowest BCUT2D eigenvalue weighted by molar-refractivity contribution is -0.124. The second-order valence-electron chi connectivity index (χ2n) is 5.93. The van der Waals surface area contributed by atoms with E-state index >= 15 is 0 Å². The molecule has 4 heteroatoms. The minimum absolute atomic E-state index is 0.136. The third-order valence-corrected chi connectivity index (χ3v) is 4.31. The zero-order valence-corrected chi connectivity index (χ0v) is 12.7. The Kier molecular flexibility index (Phi) is 5.35. The number of carbonyl (C=O) groups is 1. The van der Waals surface area contributed by atoms with Gasteiger partial charge < -0.3 is 10.2 Å². The molecule has 0 aromatic heterocycles. The van der Waals surface area contributed by atoms with E-state index in [0.717, 1.165) is 24.9 Å². The van der Waals surface area contributed by atoms with Crippen molar-refractivity contribution in [1.29, 1.82) is 5.26 Å². The molecule has 1 N–H and O–H groups in total. The topological polar surface area (TPSA) is 56.1 Å². The van der Waals surface area contributed by atoms with Crippen LogP contribution in [0.4, 0.5) is 0 Å². The first-order valence-corrected chi connectivity index (χ1v) is 7.54. The lowest BCUT2D eigenvalue weighted by atomic mass is 9.96. The molecule has 1 aromatic carbocycles. The molecule has 3 atom stereocenters. The first-order valence-electron chi connectivity index (χ1n) is 7.54. The average molecular weight is 285 g/mol. The molecule has 0 spiro atoms. The van der Waals surface area contributed by atoms with Crippen molar-refractivity contribution in [3.8, 4) is 6.07 Å². The molecular formula is C17H23N3O. The second kappa shape index (κ2) is 7.24. The van der Waals surface area contributed by atoms with Crippen molar-refractivity contribution in [2.75, 3.05) is 13.6 Å². The molecule has 0 bridgehead atoms. The first-order chi connectivity index (χ1) is 10.1. The van der Waals surface area contributed by atoms with Crippen molar-refractivity contribution >= 4 is 5.91 Å². The summed E-state index contributed by atoms with van der Waals surface area (Å²) >= 11 is 0. The number of benzene rings is 1. The summed E-state index contributed by atoms with van der Waals surface area (Å²) in [6.45, 7) is 3.16. The molecule has 1 fully saturated rings. The van der Waals surface area contributed by atoms with Gasteiger partial charge in [0.05, 0.1) is 6.07 Å². The summed E-state index contributed by atoms with van der Waals surface area (Å²) in [5.74, 6) is -0.745. The van der Waals surface area contributed by atoms with Crippen LogP contribution in [-0.4, -0.2) is 36.5 Å². The SMILES string of the molecule is CC1CC(NC(=O)C(C#N)Cc2ccccc2)CCN1C. The fraction of sp³-hybridized carbons (Fsp3) is 0.529. The summed E-state index contributed by atoms with van der Waals surface area (Å²) < 4.78 is 0. The highest BCUT2D eigenvalue weighted by atomic mass is 16.1. The normalized spacial score (nSPS) is 24.0. The lowest BCUT2D eigenvalue weighted by Crippen LogP contribution is -2.48. The summed E-state index contributed by atoms with van der Waals surface area (Å²) in [4.78, 5) is 14.6. The molecule has 1 saturated heterocycles. The third-order valence-electron chi connectivity index (χ3n) is 4.31. The highest BCUT2D eigenvalue weighted by molar-refractivity contribution is 5.81. The molecule has 2 rings (SSSR count). The minimum Gasteiger partial charge on any atom is -0.352 e. The lowest BCUT2D eigenvalue weighted by Gasteiger charge is -2.35. The Morgan fingerprint density at radius 1 is 1.48 bits per heavy atom. The summed E-state index contributed by atoms with van der Waals surface area (Å²) in [5.41, 5.74) is 1.02. The van der Waals surface area contributed by atoms with E-state index in [4.69, 9.17) is 0 Å². The van der Waals surface area contributed by atoms with Crippen molar-refractivity contribution in [3.05, 3.63) is 35.9 Å². The highest BCUT2D eigenvalue weighted by Gasteiger charge is 2.26. The average Bonchev–Trinajstić information content (AvgIpc) is 2.49. The molecule has 3 unspecified atom stereocenters. The van der Waals surface area contributed by atoms with E-state index in [0.29, 0.717) is 12.5 Å². The van der Waals surface area contributed by atoms with Gasteiger partial charge in [0.1, 0.15) is 5.92 Å². The third kappa shape index (κ3) is 4.30. The van der Waals surface area contributed by atoms with Gasteiger partial charge in [0.2, 0.25) is 5.91 Å². The van der Waals surface area contributed by atoms with Crippen LogP contribution in [0.15, 0.2) is 30.3 Å². The van der Waals surface area contributed by atoms with E-state index in [-0.39, 0.29) is 11.9 Å². The van der Waals surface area contributed by atoms with Gasteiger partial charge in [0, 0.05) is 18.6 Å². The maximum atomic E-state index is 12.3. The largest absolute Gasteiger partial charge is 0.352 e. The van der Waals surface area contributed by atoms with Gasteiger partial charge in [-0.1, -0.05) is 30.3 Å². The first kappa shape index (κ1) is 15.5. The summed E-state index contributed by atoms with van der Waals surface area (Å²) in [6.07, 6.45) is 2.38. The fourth-order valence-corrected chi connectivity index (χ4v) is 2.77. The number of carbonyl (C=O) groups excluding carboxylic acids is 1. The van der Waals surface area contributed by atoms with Gasteiger partial charge in [-0.25, -0.2) is 0 Å². The van der Waals surface area contributed by atoms with E-state index in [1.54, 1.807) is 0 Å². The van der Waals surface area contributed by atoms with E-state index in [1.165, 1.54) is 0 Å². The van der Waals surface area contributed by atoms with Crippen LogP contribution in [0.2, 0.25) is 0 Å². The van der Waals surface area contributed by atoms with E-state index in [9.17, 15) is 10.1 Å². The van der Waals surface area contributed by atoms with Crippen molar-refractivity contribution < 1.29 is 4.79 Å². The second-order valence-corrected chi connectivity index (χ2v) is 5.93. The van der Waals surface area contributed by atoms with Gasteiger partial charge in [-0.2, -0.15) is 5.26 Å². The van der Waals surface area contributed by atoms with Crippen LogP contribution < -0.4 is 5.32 Å². The number of nitrogens with one attached hydrogen (secondary N) is 1. The molecule has 4 nitrogen and oxygen atoms in total. The molecular weight excluding hydrogens is 262 g/mol. The van der Waals surface area contributed by atoms with Gasteiger partial charge >= 0.3 is 0 Å². The highest BCUT2D eigenvalue weighted by Crippen LogP contribution is 2.16. The zero-order valence-electron chi connectivity index (χ0n) is 12.7. The van der Waals surface area contributed by atoms with Crippen LogP contribution in [0.3, 0.4) is 0 Å². The number of hydrogen-bond acceptors (Lipinski definition) is 3. The molecule has 1 aliphatic heterocycles. The van der Waals surface area contributed by atoms with E-state index in [1.807, 2.05) is 30.3 Å². The number of rotatable bonds is 4. The van der Waals surface area contributed by atoms with Gasteiger partial charge in [0.15, 0.2) is 0 Å². The maximum absolute atomic E-state index is 12.3. The predicted octanol–water partition coefficient (Wildman–Crippen LogP) is 1.97. The van der Waals surface area contributed by atoms with Gasteiger partial charge in [0.25, 0.3) is 0 Å². The Balaban J connectivity index is 1.90. The molecule has 21 heavy (non-hydrogen) atoms. The standard InChI is InChI=1S/C17H23N3O/c1-13-10-16(8-9-20(13)2)19-17(21)15(12-18)11-14-6-4-3-5-7-14/h3-7,13,15-16H,8-11H2,1-2H3,(H,19,21). The number of piperidine rings is 1. The number of nitrogens with zero attached hydrogens (tertiary/aromatic N) is 2. The monoisotopic (exact) mass is 285 g/mol. The van der Waals surface area contributed by atoms with Crippen LogP contribution in [-0.2, 0) is 11.2 Å². The molecule has 0 saturated carbocycles. The Morgan fingerprint density at radius 3 is 2.81 bits per heavy atom. The summed E-state index contributed by atoms with van der Waals surface area (Å²) in [7, 11) is 2.11. The molecule has 0 radical (unpaired) electrons. The number of nitriles is 1. The zero-order chi connectivity index (χ0) is 15.2. The van der Waals surface area contributed by atoms with Crippen LogP contribution in [0.1, 0.15) is 25.3 Å². The van der Waals surface area contributed by atoms with Gasteiger partial charge in [-0.05, 0) is 38.8 Å². The van der Waals surface area contributed by atoms with Crippen molar-refractivity contribution in [1.82, 2.24) is 10.2 Å². The van der Waals surface area contributed by atoms with Crippen LogP contribution in [0.5, 0.6) is 0 Å². The Hall–Kier alpha value is -1.86. The van der Waals surface area contributed by atoms with Gasteiger partial charge in [-0.15, -0.1) is 0 Å². The summed E-state index contributed by atoms with van der Waals surface area (Å²) in [6, 6.07) is 12.5. The fourth-order valence-electron chi connectivity index (χ4n) is 2.77. The molecule has 1 amide bonds. The smallest absolute Gasteiger partial charge is 0.237 e. The molecule has 1 aliphatic rings. The van der Waals surface area contributed by atoms with Crippen molar-refractivity contribution in [2.45, 2.75) is 38.3 Å². The van der Waals surface area contributed by atoms with Gasteiger partial charge in [-0.3, -0.25) is 4.79 Å². The molecule has 112 valence electrons. The predicted molar refractivity (Wildman–Crippen MR) is 82.5 cm³/mol. The maximum Gasteiger partial charge on any atom is 0.237 e. The number of hydrogen-bond donors (Lipinski definition) is 1. The van der Waals surface area contributed by atoms with Crippen LogP contribution in [0.25, 0.3) is 0 Å². The Morgan fingerprint density at radius 2 is 2.19 bits per heavy atom. The van der Waals surface area contributed by atoms with Crippen LogP contribution in [0, 0.1) is 17.2 Å². The van der Waals surface area contributed by atoms with Crippen LogP contribution >= 0.6 is 0 Å². The Bertz CT molecular complexity index is 509. The minimum atomic E-state index is -0.609. The number of likely N-dealkylation sites (tertiary alicyclic amines) is 1. The number of amides is 1. The van der Waals surface area contributed by atoms with E-state index in [2.05, 4.69) is 30.3 Å². The van der Waals surface area contributed by atoms with Crippen molar-refractivity contribution in [2.24, 2.45) is 5.92 Å². The Labute approximate surface area is 126 Å². The molecule has 1 heterocycles. The summed E-state index contributed by atoms with van der Waals surface area (Å²) in [5, 5.41) is 12.3.